The number of unbranched alkanes of at least 4 members (excludes halogenated alkanes) is 5. The van der Waals surface area contributed by atoms with Crippen LogP contribution in [0.4, 0.5) is 0 Å². The molecular weight excluding hydrogens is 357 g/mol. The van der Waals surface area contributed by atoms with Crippen molar-refractivity contribution < 1.29 is 0 Å². The van der Waals surface area contributed by atoms with E-state index in [1.54, 1.807) is 5.69 Å². The van der Waals surface area contributed by atoms with Gasteiger partial charge in [-0.2, -0.15) is 0 Å². The van der Waals surface area contributed by atoms with Crippen LogP contribution in [-0.4, -0.2) is 4.57 Å². The third-order valence-electron chi connectivity index (χ3n) is 4.51. The van der Waals surface area contributed by atoms with Gasteiger partial charge in [-0.25, -0.2) is 0 Å². The minimum atomic E-state index is 0.359. The summed E-state index contributed by atoms with van der Waals surface area (Å²) in [6, 6.07) is 2.26. The van der Waals surface area contributed by atoms with E-state index >= 15 is 0 Å². The zero-order valence-electron chi connectivity index (χ0n) is 13.8. The molecule has 0 aliphatic rings. The Morgan fingerprint density at radius 1 is 1.00 bits per heavy atom. The second kappa shape index (κ2) is 9.11. The molecule has 20 heavy (non-hydrogen) atoms. The number of aryl methyl sites for hydroxylation is 1. The summed E-state index contributed by atoms with van der Waals surface area (Å²) in [5.74, 6) is 0. The molecule has 1 aromatic rings. The minimum absolute atomic E-state index is 0.359. The van der Waals surface area contributed by atoms with Crippen molar-refractivity contribution in [3.8, 4) is 0 Å². The molecule has 0 saturated carbocycles. The third-order valence-corrected chi connectivity index (χ3v) is 5.38. The number of hydrogen-bond donors (Lipinski definition) is 0. The van der Waals surface area contributed by atoms with Crippen LogP contribution in [0.1, 0.15) is 84.3 Å². The summed E-state index contributed by atoms with van der Waals surface area (Å²) >= 11 is 2.52. The van der Waals surface area contributed by atoms with Crippen LogP contribution in [0.3, 0.4) is 0 Å². The highest BCUT2D eigenvalue weighted by molar-refractivity contribution is 14.1. The van der Waals surface area contributed by atoms with E-state index in [0.29, 0.717) is 5.41 Å². The molecule has 0 fully saturated rings. The van der Waals surface area contributed by atoms with E-state index in [4.69, 9.17) is 0 Å². The van der Waals surface area contributed by atoms with Crippen LogP contribution in [0.5, 0.6) is 0 Å². The molecule has 0 amide bonds. The Morgan fingerprint density at radius 3 is 2.05 bits per heavy atom. The summed E-state index contributed by atoms with van der Waals surface area (Å²) in [6.45, 7) is 7.08. The molecule has 0 aliphatic heterocycles. The maximum absolute atomic E-state index is 2.52. The summed E-state index contributed by atoms with van der Waals surface area (Å²) < 4.78 is 3.80. The van der Waals surface area contributed by atoms with E-state index in [0.717, 1.165) is 0 Å². The van der Waals surface area contributed by atoms with Crippen LogP contribution < -0.4 is 0 Å². The monoisotopic (exact) mass is 389 g/mol. The fourth-order valence-electron chi connectivity index (χ4n) is 3.28. The maximum atomic E-state index is 2.52. The van der Waals surface area contributed by atoms with Crippen LogP contribution in [0, 0.1) is 3.57 Å². The summed E-state index contributed by atoms with van der Waals surface area (Å²) in [4.78, 5) is 0. The standard InChI is InChI=1S/C18H32IN/c1-5-7-9-11-14-18(3,13-10-8-6-2)17-16(19)12-15-20(17)4/h12,15H,5-11,13-14H2,1-4H3. The van der Waals surface area contributed by atoms with Gasteiger partial charge in [0.2, 0.25) is 0 Å². The fraction of sp³-hybridized carbons (Fsp3) is 0.778. The largest absolute Gasteiger partial charge is 0.353 e. The van der Waals surface area contributed by atoms with E-state index in [1.165, 1.54) is 61.4 Å². The van der Waals surface area contributed by atoms with Crippen molar-refractivity contribution >= 4 is 22.6 Å². The van der Waals surface area contributed by atoms with Gasteiger partial charge in [0, 0.05) is 27.9 Å². The summed E-state index contributed by atoms with van der Waals surface area (Å²) in [5, 5.41) is 0. The van der Waals surface area contributed by atoms with Gasteiger partial charge >= 0.3 is 0 Å². The van der Waals surface area contributed by atoms with Crippen LogP contribution in [0.15, 0.2) is 12.3 Å². The Labute approximate surface area is 139 Å². The average Bonchev–Trinajstić information content (AvgIpc) is 2.75. The SMILES string of the molecule is CCCCCCC(C)(CCCCC)c1c(I)ccn1C. The Kier molecular flexibility index (Phi) is 8.23. The van der Waals surface area contributed by atoms with Crippen molar-refractivity contribution in [2.45, 2.75) is 84.0 Å². The van der Waals surface area contributed by atoms with Crippen molar-refractivity contribution in [3.63, 3.8) is 0 Å². The molecule has 1 nitrogen and oxygen atoms in total. The van der Waals surface area contributed by atoms with Crippen LogP contribution in [0.25, 0.3) is 0 Å². The molecule has 1 heterocycles. The molecule has 1 atom stereocenters. The molecule has 0 spiro atoms. The van der Waals surface area contributed by atoms with Gasteiger partial charge < -0.3 is 4.57 Å². The molecule has 0 aromatic carbocycles. The van der Waals surface area contributed by atoms with E-state index in [2.05, 4.69) is 67.2 Å². The highest BCUT2D eigenvalue weighted by atomic mass is 127. The lowest BCUT2D eigenvalue weighted by Crippen LogP contribution is -2.26. The molecule has 1 rings (SSSR count). The highest BCUT2D eigenvalue weighted by Gasteiger charge is 2.30. The first kappa shape index (κ1) is 18.1. The second-order valence-electron chi connectivity index (χ2n) is 6.45. The maximum Gasteiger partial charge on any atom is 0.0366 e. The lowest BCUT2D eigenvalue weighted by Gasteiger charge is -2.31. The van der Waals surface area contributed by atoms with E-state index in [9.17, 15) is 0 Å². The summed E-state index contributed by atoms with van der Waals surface area (Å²) in [7, 11) is 2.21. The van der Waals surface area contributed by atoms with Crippen LogP contribution in [0.2, 0.25) is 0 Å². The average molecular weight is 389 g/mol. The summed E-state index contributed by atoms with van der Waals surface area (Å²) in [6.07, 6.45) is 14.4. The second-order valence-corrected chi connectivity index (χ2v) is 7.61. The molecule has 0 N–H and O–H groups in total. The lowest BCUT2D eigenvalue weighted by molar-refractivity contribution is 0.347. The highest BCUT2D eigenvalue weighted by Crippen LogP contribution is 2.37. The molecule has 1 aromatic heterocycles. The number of hydrogen-bond acceptors (Lipinski definition) is 0. The Morgan fingerprint density at radius 2 is 1.55 bits per heavy atom. The predicted octanol–water partition coefficient (Wildman–Crippen LogP) is 6.44. The van der Waals surface area contributed by atoms with E-state index in [1.807, 2.05) is 0 Å². The number of halogens is 1. The van der Waals surface area contributed by atoms with Gasteiger partial charge in [0.25, 0.3) is 0 Å². The van der Waals surface area contributed by atoms with E-state index < -0.39 is 0 Å². The molecule has 1 unspecified atom stereocenters. The molecule has 2 heteroatoms. The molecular formula is C18H32IN. The van der Waals surface area contributed by atoms with Gasteiger partial charge in [-0.05, 0) is 41.5 Å². The Bertz CT molecular complexity index is 363. The first-order valence-corrected chi connectivity index (χ1v) is 9.44. The number of aromatic nitrogens is 1. The zero-order valence-corrected chi connectivity index (χ0v) is 16.0. The predicted molar refractivity (Wildman–Crippen MR) is 98.4 cm³/mol. The van der Waals surface area contributed by atoms with Crippen molar-refractivity contribution in [2.24, 2.45) is 7.05 Å². The summed E-state index contributed by atoms with van der Waals surface area (Å²) in [5.41, 5.74) is 1.92. The quantitative estimate of drug-likeness (QED) is 0.321. The van der Waals surface area contributed by atoms with Crippen molar-refractivity contribution in [1.82, 2.24) is 4.57 Å². The van der Waals surface area contributed by atoms with Gasteiger partial charge in [-0.1, -0.05) is 65.7 Å². The topological polar surface area (TPSA) is 4.93 Å². The zero-order chi connectivity index (χ0) is 15.0. The lowest BCUT2D eigenvalue weighted by atomic mass is 9.77. The van der Waals surface area contributed by atoms with Crippen molar-refractivity contribution in [3.05, 3.63) is 21.5 Å². The first-order valence-electron chi connectivity index (χ1n) is 8.36. The molecule has 116 valence electrons. The van der Waals surface area contributed by atoms with Gasteiger partial charge in [0.15, 0.2) is 0 Å². The van der Waals surface area contributed by atoms with Crippen LogP contribution >= 0.6 is 22.6 Å². The third kappa shape index (κ3) is 5.09. The Balaban J connectivity index is 2.77. The fourth-order valence-corrected chi connectivity index (χ4v) is 4.47. The van der Waals surface area contributed by atoms with Gasteiger partial charge in [0.1, 0.15) is 0 Å². The Hall–Kier alpha value is 0.01000. The van der Waals surface area contributed by atoms with Gasteiger partial charge in [-0.15, -0.1) is 0 Å². The molecule has 0 radical (unpaired) electrons. The number of nitrogens with zero attached hydrogens (tertiary/aromatic N) is 1. The normalized spacial score (nSPS) is 14.4. The van der Waals surface area contributed by atoms with Crippen molar-refractivity contribution in [2.75, 3.05) is 0 Å². The molecule has 0 saturated heterocycles. The van der Waals surface area contributed by atoms with Gasteiger partial charge in [-0.3, -0.25) is 0 Å². The first-order chi connectivity index (χ1) is 9.55. The number of rotatable bonds is 10. The smallest absolute Gasteiger partial charge is 0.0366 e. The minimum Gasteiger partial charge on any atom is -0.353 e. The molecule has 0 bridgehead atoms. The van der Waals surface area contributed by atoms with E-state index in [-0.39, 0.29) is 0 Å². The van der Waals surface area contributed by atoms with Crippen molar-refractivity contribution in [1.29, 1.82) is 0 Å². The van der Waals surface area contributed by atoms with Gasteiger partial charge in [0.05, 0.1) is 0 Å². The molecule has 0 aliphatic carbocycles. The van der Waals surface area contributed by atoms with Crippen LogP contribution in [-0.2, 0) is 12.5 Å².